The fourth-order valence-corrected chi connectivity index (χ4v) is 1.71. The highest BCUT2D eigenvalue weighted by atomic mass is 16.6. The molecule has 0 bridgehead atoms. The molecule has 2 rings (SSSR count). The predicted octanol–water partition coefficient (Wildman–Crippen LogP) is -0.0638. The summed E-state index contributed by atoms with van der Waals surface area (Å²) in [7, 11) is 2.12. The molecule has 2 aliphatic heterocycles. The van der Waals surface area contributed by atoms with Crippen molar-refractivity contribution in [1.29, 1.82) is 0 Å². The van der Waals surface area contributed by atoms with E-state index in [1.165, 1.54) is 0 Å². The lowest BCUT2D eigenvalue weighted by atomic mass is 10.1. The Balaban J connectivity index is 1.75. The first-order valence-corrected chi connectivity index (χ1v) is 5.22. The lowest BCUT2D eigenvalue weighted by molar-refractivity contribution is -0.140. The molecule has 0 aromatic carbocycles. The van der Waals surface area contributed by atoms with Gasteiger partial charge in [0.2, 0.25) is 0 Å². The van der Waals surface area contributed by atoms with Gasteiger partial charge in [-0.2, -0.15) is 0 Å². The van der Waals surface area contributed by atoms with Crippen LogP contribution in [0, 0.1) is 0 Å². The van der Waals surface area contributed by atoms with Crippen LogP contribution in [-0.4, -0.2) is 60.6 Å². The van der Waals surface area contributed by atoms with Gasteiger partial charge in [0, 0.05) is 25.2 Å². The van der Waals surface area contributed by atoms with Crippen molar-refractivity contribution in [3.63, 3.8) is 0 Å². The minimum absolute atomic E-state index is 0.111. The standard InChI is InChI=1S/C10H18N2O2/c1-7(2)11(3)8-4-12(5-8)10(13)9-6-14-9/h7-9H,4-6H2,1-3H3. The second-order valence-corrected chi connectivity index (χ2v) is 4.48. The molecule has 0 radical (unpaired) electrons. The highest BCUT2D eigenvalue weighted by molar-refractivity contribution is 5.83. The Hall–Kier alpha value is -0.610. The van der Waals surface area contributed by atoms with E-state index in [4.69, 9.17) is 4.74 Å². The molecule has 0 spiro atoms. The van der Waals surface area contributed by atoms with Gasteiger partial charge in [0.05, 0.1) is 6.61 Å². The molecule has 2 aliphatic rings. The minimum Gasteiger partial charge on any atom is -0.363 e. The number of amides is 1. The van der Waals surface area contributed by atoms with Crippen molar-refractivity contribution < 1.29 is 9.53 Å². The number of nitrogens with zero attached hydrogens (tertiary/aromatic N) is 2. The van der Waals surface area contributed by atoms with Gasteiger partial charge in [-0.25, -0.2) is 0 Å². The maximum atomic E-state index is 11.5. The number of ether oxygens (including phenoxy) is 1. The number of likely N-dealkylation sites (N-methyl/N-ethyl adjacent to an activating group) is 1. The molecule has 1 atom stereocenters. The van der Waals surface area contributed by atoms with E-state index in [-0.39, 0.29) is 12.0 Å². The highest BCUT2D eigenvalue weighted by Crippen LogP contribution is 2.21. The lowest BCUT2D eigenvalue weighted by Gasteiger charge is -2.45. The van der Waals surface area contributed by atoms with Crippen LogP contribution < -0.4 is 0 Å². The number of epoxide rings is 1. The number of hydrogen-bond acceptors (Lipinski definition) is 3. The van der Waals surface area contributed by atoms with Crippen LogP contribution in [-0.2, 0) is 9.53 Å². The van der Waals surface area contributed by atoms with Crippen molar-refractivity contribution >= 4 is 5.91 Å². The van der Waals surface area contributed by atoms with Crippen LogP contribution in [0.25, 0.3) is 0 Å². The summed E-state index contributed by atoms with van der Waals surface area (Å²) in [5.74, 6) is 0.179. The summed E-state index contributed by atoms with van der Waals surface area (Å²) in [6, 6.07) is 1.09. The summed E-state index contributed by atoms with van der Waals surface area (Å²) in [6.45, 7) is 6.71. The molecule has 0 aliphatic carbocycles. The average molecular weight is 198 g/mol. The molecule has 4 heteroatoms. The van der Waals surface area contributed by atoms with E-state index < -0.39 is 0 Å². The lowest BCUT2D eigenvalue weighted by Crippen LogP contribution is -2.62. The summed E-state index contributed by atoms with van der Waals surface area (Å²) < 4.78 is 4.97. The zero-order valence-electron chi connectivity index (χ0n) is 9.06. The van der Waals surface area contributed by atoms with E-state index in [1.807, 2.05) is 4.90 Å². The zero-order chi connectivity index (χ0) is 10.3. The molecule has 0 aromatic rings. The van der Waals surface area contributed by atoms with Gasteiger partial charge < -0.3 is 9.64 Å². The van der Waals surface area contributed by atoms with Gasteiger partial charge in [0.15, 0.2) is 6.10 Å². The second-order valence-electron chi connectivity index (χ2n) is 4.48. The van der Waals surface area contributed by atoms with E-state index in [0.717, 1.165) is 13.1 Å². The van der Waals surface area contributed by atoms with Crippen molar-refractivity contribution in [3.8, 4) is 0 Å². The summed E-state index contributed by atoms with van der Waals surface area (Å²) in [5, 5.41) is 0. The van der Waals surface area contributed by atoms with E-state index in [1.54, 1.807) is 0 Å². The molecular weight excluding hydrogens is 180 g/mol. The summed E-state index contributed by atoms with van der Waals surface area (Å²) >= 11 is 0. The zero-order valence-corrected chi connectivity index (χ0v) is 9.06. The number of hydrogen-bond donors (Lipinski definition) is 0. The molecular formula is C10H18N2O2. The molecule has 4 nitrogen and oxygen atoms in total. The third kappa shape index (κ3) is 1.77. The second kappa shape index (κ2) is 3.51. The van der Waals surface area contributed by atoms with Gasteiger partial charge in [-0.05, 0) is 20.9 Å². The Kier molecular flexibility index (Phi) is 2.49. The fraction of sp³-hybridized carbons (Fsp3) is 0.900. The Morgan fingerprint density at radius 2 is 2.07 bits per heavy atom. The molecule has 80 valence electrons. The Bertz CT molecular complexity index is 232. The maximum absolute atomic E-state index is 11.5. The SMILES string of the molecule is CC(C)N(C)C1CN(C(=O)C2CO2)C1. The molecule has 1 unspecified atom stereocenters. The van der Waals surface area contributed by atoms with Gasteiger partial charge in [0.1, 0.15) is 0 Å². The normalized spacial score (nSPS) is 26.9. The van der Waals surface area contributed by atoms with Crippen molar-refractivity contribution in [2.45, 2.75) is 32.0 Å². The summed E-state index contributed by atoms with van der Waals surface area (Å²) in [6.07, 6.45) is -0.111. The van der Waals surface area contributed by atoms with Crippen LogP contribution >= 0.6 is 0 Å². The number of rotatable bonds is 3. The van der Waals surface area contributed by atoms with E-state index >= 15 is 0 Å². The summed E-state index contributed by atoms with van der Waals surface area (Å²) in [5.41, 5.74) is 0. The topological polar surface area (TPSA) is 36.1 Å². The van der Waals surface area contributed by atoms with Crippen LogP contribution in [0.1, 0.15) is 13.8 Å². The highest BCUT2D eigenvalue weighted by Gasteiger charge is 2.41. The Morgan fingerprint density at radius 3 is 2.50 bits per heavy atom. The van der Waals surface area contributed by atoms with Crippen LogP contribution in [0.5, 0.6) is 0 Å². The molecule has 2 saturated heterocycles. The van der Waals surface area contributed by atoms with Gasteiger partial charge in [0.25, 0.3) is 5.91 Å². The smallest absolute Gasteiger partial charge is 0.254 e. The first-order chi connectivity index (χ1) is 6.59. The quantitative estimate of drug-likeness (QED) is 0.596. The number of likely N-dealkylation sites (tertiary alicyclic amines) is 1. The van der Waals surface area contributed by atoms with Crippen LogP contribution in [0.15, 0.2) is 0 Å². The Labute approximate surface area is 84.8 Å². The molecule has 14 heavy (non-hydrogen) atoms. The maximum Gasteiger partial charge on any atom is 0.254 e. The average Bonchev–Trinajstić information content (AvgIpc) is 2.82. The van der Waals surface area contributed by atoms with E-state index in [0.29, 0.717) is 18.7 Å². The van der Waals surface area contributed by atoms with E-state index in [2.05, 4.69) is 25.8 Å². The first-order valence-electron chi connectivity index (χ1n) is 5.22. The van der Waals surface area contributed by atoms with Gasteiger partial charge >= 0.3 is 0 Å². The van der Waals surface area contributed by atoms with Crippen LogP contribution in [0.4, 0.5) is 0 Å². The van der Waals surface area contributed by atoms with E-state index in [9.17, 15) is 4.79 Å². The third-order valence-corrected chi connectivity index (χ3v) is 3.17. The molecule has 1 amide bonds. The van der Waals surface area contributed by atoms with Crippen molar-refractivity contribution in [2.75, 3.05) is 26.7 Å². The fourth-order valence-electron chi connectivity index (χ4n) is 1.71. The predicted molar refractivity (Wildman–Crippen MR) is 53.0 cm³/mol. The molecule has 2 heterocycles. The molecule has 0 aromatic heterocycles. The van der Waals surface area contributed by atoms with Gasteiger partial charge in [-0.1, -0.05) is 0 Å². The van der Waals surface area contributed by atoms with Gasteiger partial charge in [-0.15, -0.1) is 0 Å². The number of carbonyl (C=O) groups is 1. The van der Waals surface area contributed by atoms with Crippen molar-refractivity contribution in [2.24, 2.45) is 0 Å². The van der Waals surface area contributed by atoms with Crippen molar-refractivity contribution in [1.82, 2.24) is 9.80 Å². The monoisotopic (exact) mass is 198 g/mol. The third-order valence-electron chi connectivity index (χ3n) is 3.17. The van der Waals surface area contributed by atoms with Crippen molar-refractivity contribution in [3.05, 3.63) is 0 Å². The van der Waals surface area contributed by atoms with Crippen LogP contribution in [0.3, 0.4) is 0 Å². The molecule has 2 fully saturated rings. The minimum atomic E-state index is -0.111. The van der Waals surface area contributed by atoms with Crippen LogP contribution in [0.2, 0.25) is 0 Å². The van der Waals surface area contributed by atoms with Gasteiger partial charge in [-0.3, -0.25) is 9.69 Å². The molecule has 0 saturated carbocycles. The Morgan fingerprint density at radius 1 is 1.50 bits per heavy atom. The summed E-state index contributed by atoms with van der Waals surface area (Å²) in [4.78, 5) is 15.7. The number of carbonyl (C=O) groups excluding carboxylic acids is 1. The molecule has 0 N–H and O–H groups in total. The first kappa shape index (κ1) is 9.93. The largest absolute Gasteiger partial charge is 0.363 e.